The van der Waals surface area contributed by atoms with E-state index in [0.717, 1.165) is 11.1 Å². The number of nitrogens with one attached hydrogen (secondary N) is 1. The normalized spacial score (nSPS) is 10.7. The van der Waals surface area contributed by atoms with Crippen LogP contribution < -0.4 is 25.3 Å². The van der Waals surface area contributed by atoms with Crippen LogP contribution in [0.25, 0.3) is 22.2 Å². The lowest BCUT2D eigenvalue weighted by molar-refractivity contribution is 0.100. The number of para-hydroxylation sites is 1. The highest BCUT2D eigenvalue weighted by molar-refractivity contribution is 5.96. The maximum Gasteiger partial charge on any atom is 0.300 e. The van der Waals surface area contributed by atoms with Gasteiger partial charge in [0.15, 0.2) is 17.1 Å². The number of primary amides is 1. The summed E-state index contributed by atoms with van der Waals surface area (Å²) in [5.41, 5.74) is 9.34. The van der Waals surface area contributed by atoms with Crippen LogP contribution in [-0.4, -0.2) is 32.2 Å². The second-order valence-electron chi connectivity index (χ2n) is 6.66. The molecule has 31 heavy (non-hydrogen) atoms. The summed E-state index contributed by atoms with van der Waals surface area (Å²) in [4.78, 5) is 16.1. The van der Waals surface area contributed by atoms with Gasteiger partial charge in [-0.1, -0.05) is 24.3 Å². The molecule has 0 spiro atoms. The molecular formula is C23H21N3O5. The predicted molar refractivity (Wildman–Crippen MR) is 117 cm³/mol. The van der Waals surface area contributed by atoms with Crippen LogP contribution in [0.15, 0.2) is 59.0 Å². The second kappa shape index (κ2) is 8.27. The fourth-order valence-corrected chi connectivity index (χ4v) is 3.35. The van der Waals surface area contributed by atoms with Crippen LogP contribution in [0.1, 0.15) is 10.4 Å². The van der Waals surface area contributed by atoms with E-state index < -0.39 is 5.91 Å². The fraction of sp³-hybridized carbons (Fsp3) is 0.130. The van der Waals surface area contributed by atoms with Crippen molar-refractivity contribution >= 4 is 28.7 Å². The van der Waals surface area contributed by atoms with Gasteiger partial charge in [0.25, 0.3) is 6.01 Å². The molecule has 0 radical (unpaired) electrons. The van der Waals surface area contributed by atoms with Crippen molar-refractivity contribution in [2.24, 2.45) is 5.73 Å². The highest BCUT2D eigenvalue weighted by Gasteiger charge is 2.16. The molecule has 158 valence electrons. The number of nitrogens with two attached hydrogens (primary N) is 1. The van der Waals surface area contributed by atoms with Crippen molar-refractivity contribution in [2.75, 3.05) is 26.6 Å². The number of hydrogen-bond donors (Lipinski definition) is 2. The number of methoxy groups -OCH3 is 3. The van der Waals surface area contributed by atoms with Gasteiger partial charge in [-0.2, -0.15) is 4.98 Å². The summed E-state index contributed by atoms with van der Waals surface area (Å²) in [5.74, 6) is 1.01. The molecule has 4 aromatic rings. The third kappa shape index (κ3) is 3.83. The minimum atomic E-state index is -0.489. The molecule has 0 aliphatic heterocycles. The summed E-state index contributed by atoms with van der Waals surface area (Å²) in [6.07, 6.45) is 0. The Labute approximate surface area is 178 Å². The fourth-order valence-electron chi connectivity index (χ4n) is 3.35. The van der Waals surface area contributed by atoms with Crippen LogP contribution in [0.3, 0.4) is 0 Å². The summed E-state index contributed by atoms with van der Waals surface area (Å²) in [6, 6.07) is 16.5. The average molecular weight is 419 g/mol. The minimum absolute atomic E-state index is 0.294. The van der Waals surface area contributed by atoms with Crippen LogP contribution in [0.4, 0.5) is 11.7 Å². The van der Waals surface area contributed by atoms with Crippen LogP contribution >= 0.6 is 0 Å². The number of carbonyl (C=O) groups excluding carboxylic acids is 1. The summed E-state index contributed by atoms with van der Waals surface area (Å²) in [6.45, 7) is 0. The zero-order chi connectivity index (χ0) is 22.0. The van der Waals surface area contributed by atoms with Crippen LogP contribution in [-0.2, 0) is 0 Å². The van der Waals surface area contributed by atoms with Crippen molar-refractivity contribution in [3.8, 4) is 28.4 Å². The molecule has 0 fully saturated rings. The first-order chi connectivity index (χ1) is 15.0. The van der Waals surface area contributed by atoms with Crippen molar-refractivity contribution in [3.05, 3.63) is 60.2 Å². The lowest BCUT2D eigenvalue weighted by Gasteiger charge is -2.14. The maximum absolute atomic E-state index is 11.6. The van der Waals surface area contributed by atoms with Crippen molar-refractivity contribution in [1.29, 1.82) is 0 Å². The Morgan fingerprint density at radius 3 is 2.32 bits per heavy atom. The first-order valence-corrected chi connectivity index (χ1v) is 9.41. The minimum Gasteiger partial charge on any atom is -0.493 e. The molecule has 1 aromatic heterocycles. The Morgan fingerprint density at radius 1 is 0.968 bits per heavy atom. The summed E-state index contributed by atoms with van der Waals surface area (Å²) < 4.78 is 22.1. The number of amides is 1. The number of benzene rings is 3. The summed E-state index contributed by atoms with van der Waals surface area (Å²) >= 11 is 0. The topological polar surface area (TPSA) is 109 Å². The molecule has 4 rings (SSSR count). The smallest absolute Gasteiger partial charge is 0.300 e. The van der Waals surface area contributed by atoms with Crippen LogP contribution in [0, 0.1) is 0 Å². The monoisotopic (exact) mass is 419 g/mol. The van der Waals surface area contributed by atoms with E-state index in [0.29, 0.717) is 45.6 Å². The molecule has 0 bridgehead atoms. The third-order valence-electron chi connectivity index (χ3n) is 4.79. The molecule has 1 heterocycles. The third-order valence-corrected chi connectivity index (χ3v) is 4.79. The number of rotatable bonds is 7. The Balaban J connectivity index is 1.74. The largest absolute Gasteiger partial charge is 0.493 e. The Hall–Kier alpha value is -4.20. The van der Waals surface area contributed by atoms with Crippen molar-refractivity contribution < 1.29 is 23.4 Å². The van der Waals surface area contributed by atoms with Crippen LogP contribution in [0.5, 0.6) is 17.2 Å². The zero-order valence-corrected chi connectivity index (χ0v) is 17.3. The number of carbonyl (C=O) groups is 1. The van der Waals surface area contributed by atoms with Gasteiger partial charge in [-0.05, 0) is 23.8 Å². The van der Waals surface area contributed by atoms with Crippen molar-refractivity contribution in [3.63, 3.8) is 0 Å². The van der Waals surface area contributed by atoms with E-state index in [4.69, 9.17) is 24.4 Å². The lowest BCUT2D eigenvalue weighted by atomic mass is 10.0. The number of nitrogens with zero attached hydrogens (tertiary/aromatic N) is 1. The Morgan fingerprint density at radius 2 is 1.68 bits per heavy atom. The molecule has 3 N–H and O–H groups in total. The highest BCUT2D eigenvalue weighted by atomic mass is 16.5. The van der Waals surface area contributed by atoms with E-state index in [9.17, 15) is 4.79 Å². The molecular weight excluding hydrogens is 398 g/mol. The zero-order valence-electron chi connectivity index (χ0n) is 17.3. The van der Waals surface area contributed by atoms with E-state index in [-0.39, 0.29) is 0 Å². The molecule has 0 saturated carbocycles. The van der Waals surface area contributed by atoms with Gasteiger partial charge < -0.3 is 29.7 Å². The molecule has 3 aromatic carbocycles. The Kier molecular flexibility index (Phi) is 5.36. The summed E-state index contributed by atoms with van der Waals surface area (Å²) in [7, 11) is 4.64. The standard InChI is InChI=1S/C23H21N3O5/c1-28-18-11-15(12-19(29-2)21(18)30-3)25-23-26-17-9-5-8-16(20(17)31-23)13-6-4-7-14(10-13)22(24)27/h4-12H,1-3H3,(H2,24,27)(H,25,26). The second-order valence-corrected chi connectivity index (χ2v) is 6.66. The molecule has 0 atom stereocenters. The first kappa shape index (κ1) is 20.1. The first-order valence-electron chi connectivity index (χ1n) is 9.41. The van der Waals surface area contributed by atoms with E-state index in [1.807, 2.05) is 24.3 Å². The van der Waals surface area contributed by atoms with E-state index >= 15 is 0 Å². The van der Waals surface area contributed by atoms with E-state index in [2.05, 4.69) is 10.3 Å². The van der Waals surface area contributed by atoms with Crippen molar-refractivity contribution in [1.82, 2.24) is 4.98 Å². The van der Waals surface area contributed by atoms with Gasteiger partial charge >= 0.3 is 0 Å². The van der Waals surface area contributed by atoms with E-state index in [1.54, 1.807) is 51.7 Å². The molecule has 0 aliphatic rings. The molecule has 8 heteroatoms. The number of aromatic nitrogens is 1. The van der Waals surface area contributed by atoms with Gasteiger partial charge in [0.1, 0.15) is 5.52 Å². The quantitative estimate of drug-likeness (QED) is 0.458. The van der Waals surface area contributed by atoms with Gasteiger partial charge in [0.05, 0.1) is 21.3 Å². The van der Waals surface area contributed by atoms with Crippen molar-refractivity contribution in [2.45, 2.75) is 0 Å². The SMILES string of the molecule is COc1cc(Nc2nc3cccc(-c4cccc(C(N)=O)c4)c3o2)cc(OC)c1OC. The molecule has 0 aliphatic carbocycles. The number of anilines is 2. The van der Waals surface area contributed by atoms with Gasteiger partial charge in [0, 0.05) is 28.9 Å². The molecule has 8 nitrogen and oxygen atoms in total. The maximum atomic E-state index is 11.6. The molecule has 1 amide bonds. The molecule has 0 saturated heterocycles. The Bertz CT molecular complexity index is 1240. The van der Waals surface area contributed by atoms with Gasteiger partial charge in [0.2, 0.25) is 11.7 Å². The molecule has 0 unspecified atom stereocenters. The van der Waals surface area contributed by atoms with E-state index in [1.165, 1.54) is 0 Å². The van der Waals surface area contributed by atoms with Crippen LogP contribution in [0.2, 0.25) is 0 Å². The predicted octanol–water partition coefficient (Wildman–Crippen LogP) is 4.36. The van der Waals surface area contributed by atoms with Gasteiger partial charge in [-0.3, -0.25) is 4.79 Å². The highest BCUT2D eigenvalue weighted by Crippen LogP contribution is 2.41. The number of fused-ring (bicyclic) bond motifs is 1. The number of oxazole rings is 1. The number of ether oxygens (including phenoxy) is 3. The van der Waals surface area contributed by atoms with Gasteiger partial charge in [-0.25, -0.2) is 0 Å². The lowest BCUT2D eigenvalue weighted by Crippen LogP contribution is -2.10. The van der Waals surface area contributed by atoms with Gasteiger partial charge in [-0.15, -0.1) is 0 Å². The average Bonchev–Trinajstić information content (AvgIpc) is 3.20. The summed E-state index contributed by atoms with van der Waals surface area (Å²) in [5, 5.41) is 3.13. The number of hydrogen-bond acceptors (Lipinski definition) is 7.